The number of benzene rings is 3. The van der Waals surface area contributed by atoms with Crippen LogP contribution in [0.25, 0.3) is 0 Å². The molecule has 5 heteroatoms. The Labute approximate surface area is 149 Å². The summed E-state index contributed by atoms with van der Waals surface area (Å²) in [5.41, 5.74) is 4.48. The van der Waals surface area contributed by atoms with Crippen LogP contribution in [0.2, 0.25) is 0 Å². The van der Waals surface area contributed by atoms with E-state index < -0.39 is 6.29 Å². The normalized spacial score (nSPS) is 17.0. The van der Waals surface area contributed by atoms with E-state index in [0.717, 1.165) is 22.7 Å². The molecule has 3 aromatic rings. The molecule has 3 aliphatic heterocycles. The van der Waals surface area contributed by atoms with E-state index in [1.54, 1.807) is 9.80 Å². The zero-order valence-corrected chi connectivity index (χ0v) is 13.7. The van der Waals surface area contributed by atoms with Gasteiger partial charge in [-0.3, -0.25) is 19.4 Å². The van der Waals surface area contributed by atoms with Crippen LogP contribution in [0.4, 0.5) is 22.7 Å². The largest absolute Gasteiger partial charge is 0.301 e. The van der Waals surface area contributed by atoms with Crippen molar-refractivity contribution in [2.45, 2.75) is 6.29 Å². The Morgan fingerprint density at radius 1 is 0.500 bits per heavy atom. The number of rotatable bonds is 0. The maximum Gasteiger partial charge on any atom is 0.263 e. The quantitative estimate of drug-likeness (QED) is 0.627. The van der Waals surface area contributed by atoms with Gasteiger partial charge in [0.15, 0.2) is 6.29 Å². The molecule has 5 nitrogen and oxygen atoms in total. The zero-order chi connectivity index (χ0) is 17.4. The van der Waals surface area contributed by atoms with Crippen LogP contribution in [0.15, 0.2) is 72.8 Å². The molecule has 0 radical (unpaired) electrons. The van der Waals surface area contributed by atoms with Gasteiger partial charge in [-0.05, 0) is 36.4 Å². The summed E-state index contributed by atoms with van der Waals surface area (Å²) < 4.78 is 0. The second-order valence-electron chi connectivity index (χ2n) is 6.59. The molecule has 124 valence electrons. The van der Waals surface area contributed by atoms with Crippen molar-refractivity contribution in [1.29, 1.82) is 0 Å². The molecule has 3 aliphatic rings. The summed E-state index contributed by atoms with van der Waals surface area (Å²) in [6.45, 7) is 0. The number of nitrogens with zero attached hydrogens (tertiary/aromatic N) is 3. The van der Waals surface area contributed by atoms with E-state index in [9.17, 15) is 9.59 Å². The van der Waals surface area contributed by atoms with Crippen molar-refractivity contribution in [3.63, 3.8) is 0 Å². The Kier molecular flexibility index (Phi) is 2.37. The van der Waals surface area contributed by atoms with Crippen molar-refractivity contribution >= 4 is 34.6 Å². The fourth-order valence-corrected chi connectivity index (χ4v) is 4.26. The maximum atomic E-state index is 13.3. The number of hydrogen-bond acceptors (Lipinski definition) is 3. The average molecular weight is 339 g/mol. The van der Waals surface area contributed by atoms with Gasteiger partial charge in [-0.25, -0.2) is 0 Å². The third-order valence-electron chi connectivity index (χ3n) is 5.32. The van der Waals surface area contributed by atoms with Gasteiger partial charge in [0, 0.05) is 0 Å². The third-order valence-corrected chi connectivity index (χ3v) is 5.32. The maximum absolute atomic E-state index is 13.3. The zero-order valence-electron chi connectivity index (χ0n) is 13.7. The van der Waals surface area contributed by atoms with Crippen molar-refractivity contribution in [1.82, 2.24) is 0 Å². The monoisotopic (exact) mass is 339 g/mol. The topological polar surface area (TPSA) is 43.9 Å². The highest BCUT2D eigenvalue weighted by molar-refractivity contribution is 6.24. The van der Waals surface area contributed by atoms with Gasteiger partial charge in [0.1, 0.15) is 0 Å². The molecule has 0 fully saturated rings. The molecule has 0 N–H and O–H groups in total. The minimum Gasteiger partial charge on any atom is -0.301 e. The van der Waals surface area contributed by atoms with Gasteiger partial charge in [0.05, 0.1) is 33.9 Å². The van der Waals surface area contributed by atoms with Gasteiger partial charge in [-0.1, -0.05) is 36.4 Å². The van der Waals surface area contributed by atoms with Crippen LogP contribution in [0.3, 0.4) is 0 Å². The van der Waals surface area contributed by atoms with Gasteiger partial charge < -0.3 is 4.90 Å². The Morgan fingerprint density at radius 2 is 0.885 bits per heavy atom. The van der Waals surface area contributed by atoms with Crippen LogP contribution in [-0.4, -0.2) is 18.1 Å². The Hall–Kier alpha value is -3.60. The number of fused-ring (bicyclic) bond motifs is 7. The highest BCUT2D eigenvalue weighted by Crippen LogP contribution is 2.51. The van der Waals surface area contributed by atoms with Crippen LogP contribution in [0.5, 0.6) is 0 Å². The first-order chi connectivity index (χ1) is 12.8. The fraction of sp³-hybridized carbons (Fsp3) is 0.0476. The molecule has 0 saturated carbocycles. The minimum atomic E-state index is -0.503. The summed E-state index contributed by atoms with van der Waals surface area (Å²) in [7, 11) is 0. The second-order valence-corrected chi connectivity index (χ2v) is 6.59. The lowest BCUT2D eigenvalue weighted by molar-refractivity contribution is 0.0945. The molecule has 0 atom stereocenters. The van der Waals surface area contributed by atoms with Crippen molar-refractivity contribution in [3.8, 4) is 0 Å². The van der Waals surface area contributed by atoms with Gasteiger partial charge in [-0.2, -0.15) is 0 Å². The molecule has 0 unspecified atom stereocenters. The van der Waals surface area contributed by atoms with E-state index in [0.29, 0.717) is 11.1 Å². The lowest BCUT2D eigenvalue weighted by Gasteiger charge is -2.47. The number of hydrogen-bond donors (Lipinski definition) is 0. The van der Waals surface area contributed by atoms with Crippen LogP contribution in [0, 0.1) is 0 Å². The predicted molar refractivity (Wildman–Crippen MR) is 98.9 cm³/mol. The number of carbonyl (C=O) groups excluding carboxylic acids is 2. The smallest absolute Gasteiger partial charge is 0.263 e. The molecule has 6 rings (SSSR count). The molecular weight excluding hydrogens is 326 g/mol. The second kappa shape index (κ2) is 4.52. The highest BCUT2D eigenvalue weighted by Gasteiger charge is 2.53. The molecule has 0 spiro atoms. The Bertz CT molecular complexity index is 1040. The van der Waals surface area contributed by atoms with Gasteiger partial charge in [0.25, 0.3) is 11.8 Å². The number of anilines is 4. The Morgan fingerprint density at radius 3 is 1.35 bits per heavy atom. The molecule has 2 amide bonds. The minimum absolute atomic E-state index is 0.0796. The van der Waals surface area contributed by atoms with Crippen molar-refractivity contribution < 1.29 is 9.59 Å². The average Bonchev–Trinajstić information content (AvgIpc) is 3.03. The Balaban J connectivity index is 1.74. The summed E-state index contributed by atoms with van der Waals surface area (Å²) in [5, 5.41) is 0. The van der Waals surface area contributed by atoms with Crippen molar-refractivity contribution in [2.24, 2.45) is 0 Å². The molecule has 26 heavy (non-hydrogen) atoms. The van der Waals surface area contributed by atoms with E-state index >= 15 is 0 Å². The first-order valence-electron chi connectivity index (χ1n) is 8.51. The molecule has 3 heterocycles. The summed E-state index contributed by atoms with van der Waals surface area (Å²) in [4.78, 5) is 32.1. The van der Waals surface area contributed by atoms with Crippen molar-refractivity contribution in [3.05, 3.63) is 83.9 Å². The van der Waals surface area contributed by atoms with Crippen molar-refractivity contribution in [2.75, 3.05) is 14.7 Å². The molecule has 3 aromatic carbocycles. The standard InChI is InChI=1S/C21H13N3O2/c25-19-13-7-1-3-9-15(13)22-16-10-4-2-8-14(16)20(26)24-18-12-6-5-11-17(18)23(19)21(22)24/h1-12,21H. The van der Waals surface area contributed by atoms with Gasteiger partial charge in [0.2, 0.25) is 0 Å². The molecule has 0 aromatic heterocycles. The first kappa shape index (κ1) is 13.7. The number of para-hydroxylation sites is 4. The summed E-state index contributed by atoms with van der Waals surface area (Å²) >= 11 is 0. The predicted octanol–water partition coefficient (Wildman–Crippen LogP) is 3.74. The van der Waals surface area contributed by atoms with E-state index in [1.807, 2.05) is 72.8 Å². The van der Waals surface area contributed by atoms with Crippen LogP contribution in [-0.2, 0) is 0 Å². The van der Waals surface area contributed by atoms with E-state index in [-0.39, 0.29) is 11.8 Å². The van der Waals surface area contributed by atoms with E-state index in [4.69, 9.17) is 0 Å². The summed E-state index contributed by atoms with van der Waals surface area (Å²) in [5.74, 6) is -0.159. The molecule has 0 aliphatic carbocycles. The number of amides is 2. The van der Waals surface area contributed by atoms with Crippen LogP contribution < -0.4 is 14.7 Å². The van der Waals surface area contributed by atoms with Crippen LogP contribution in [0.1, 0.15) is 20.7 Å². The van der Waals surface area contributed by atoms with Crippen LogP contribution >= 0.6 is 0 Å². The molecular formula is C21H13N3O2. The third kappa shape index (κ3) is 1.43. The van der Waals surface area contributed by atoms with E-state index in [2.05, 4.69) is 4.90 Å². The summed E-state index contributed by atoms with van der Waals surface area (Å²) in [6, 6.07) is 22.8. The highest BCUT2D eigenvalue weighted by atomic mass is 16.2. The van der Waals surface area contributed by atoms with E-state index in [1.165, 1.54) is 0 Å². The van der Waals surface area contributed by atoms with Gasteiger partial charge >= 0.3 is 0 Å². The summed E-state index contributed by atoms with van der Waals surface area (Å²) in [6.07, 6.45) is -0.503. The van der Waals surface area contributed by atoms with Gasteiger partial charge in [-0.15, -0.1) is 0 Å². The lowest BCUT2D eigenvalue weighted by atomic mass is 10.0. The fourth-order valence-electron chi connectivity index (χ4n) is 4.26. The molecule has 0 saturated heterocycles. The molecule has 0 bridgehead atoms. The SMILES string of the molecule is O=C1c2ccccc2N2c3ccccc3C(=O)N3c4ccccc4N1C32. The lowest BCUT2D eigenvalue weighted by Crippen LogP contribution is -2.62. The first-order valence-corrected chi connectivity index (χ1v) is 8.51. The number of carbonyl (C=O) groups is 2.